The van der Waals surface area contributed by atoms with Crippen LogP contribution >= 0.6 is 0 Å². The molecule has 4 aromatic rings. The van der Waals surface area contributed by atoms with Gasteiger partial charge in [-0.1, -0.05) is 42.5 Å². The third-order valence-electron chi connectivity index (χ3n) is 5.11. The first kappa shape index (κ1) is 22.1. The molecule has 10 heteroatoms. The van der Waals surface area contributed by atoms with E-state index in [1.165, 1.54) is 18.8 Å². The summed E-state index contributed by atoms with van der Waals surface area (Å²) in [6.45, 7) is -0.515. The van der Waals surface area contributed by atoms with E-state index < -0.39 is 29.8 Å². The third kappa shape index (κ3) is 4.19. The zero-order chi connectivity index (χ0) is 23.8. The molecule has 0 atom stereocenters. The molecular formula is C23H19F3N4O3. The quantitative estimate of drug-likeness (QED) is 0.491. The van der Waals surface area contributed by atoms with Crippen molar-refractivity contribution < 1.29 is 22.7 Å². The van der Waals surface area contributed by atoms with Crippen molar-refractivity contribution >= 4 is 22.6 Å². The molecule has 0 saturated heterocycles. The fourth-order valence-electron chi connectivity index (χ4n) is 3.71. The van der Waals surface area contributed by atoms with Gasteiger partial charge in [0.05, 0.1) is 23.7 Å². The highest BCUT2D eigenvalue weighted by Gasteiger charge is 2.37. The van der Waals surface area contributed by atoms with E-state index in [4.69, 9.17) is 4.74 Å². The first-order valence-corrected chi connectivity index (χ1v) is 9.86. The summed E-state index contributed by atoms with van der Waals surface area (Å²) < 4.78 is 49.0. The number of alkyl halides is 3. The maximum atomic E-state index is 13.9. The Balaban J connectivity index is 1.86. The Morgan fingerprint density at radius 3 is 2.42 bits per heavy atom. The molecule has 2 aromatic heterocycles. The van der Waals surface area contributed by atoms with Gasteiger partial charge in [-0.05, 0) is 12.1 Å². The number of anilines is 1. The van der Waals surface area contributed by atoms with Crippen molar-refractivity contribution in [2.75, 3.05) is 12.4 Å². The third-order valence-corrected chi connectivity index (χ3v) is 5.11. The van der Waals surface area contributed by atoms with E-state index in [0.29, 0.717) is 23.1 Å². The predicted molar refractivity (Wildman–Crippen MR) is 117 cm³/mol. The lowest BCUT2D eigenvalue weighted by atomic mass is 10.0. The van der Waals surface area contributed by atoms with Crippen LogP contribution in [0.15, 0.2) is 65.5 Å². The number of amides is 1. The molecule has 0 saturated carbocycles. The molecular weight excluding hydrogens is 437 g/mol. The molecule has 2 heterocycles. The van der Waals surface area contributed by atoms with E-state index in [-0.39, 0.29) is 16.7 Å². The Morgan fingerprint density at radius 1 is 1.09 bits per heavy atom. The van der Waals surface area contributed by atoms with Gasteiger partial charge in [0, 0.05) is 18.7 Å². The topological polar surface area (TPSA) is 78.2 Å². The van der Waals surface area contributed by atoms with E-state index in [1.54, 1.807) is 54.6 Å². The maximum Gasteiger partial charge on any atom is 0.417 e. The summed E-state index contributed by atoms with van der Waals surface area (Å²) in [4.78, 5) is 25.5. The second-order valence-corrected chi connectivity index (χ2v) is 7.27. The number of para-hydroxylation sites is 2. The fourth-order valence-corrected chi connectivity index (χ4v) is 3.71. The average Bonchev–Trinajstić information content (AvgIpc) is 3.12. The second-order valence-electron chi connectivity index (χ2n) is 7.27. The number of aryl methyl sites for hydroxylation is 1. The summed E-state index contributed by atoms with van der Waals surface area (Å²) in [7, 11) is 2.87. The highest BCUT2D eigenvalue weighted by molar-refractivity contribution is 5.96. The van der Waals surface area contributed by atoms with Gasteiger partial charge in [-0.25, -0.2) is 0 Å². The van der Waals surface area contributed by atoms with Crippen LogP contribution in [0, 0.1) is 0 Å². The average molecular weight is 456 g/mol. The van der Waals surface area contributed by atoms with Crippen molar-refractivity contribution in [3.8, 4) is 17.0 Å². The molecule has 0 aliphatic carbocycles. The minimum absolute atomic E-state index is 0.0688. The van der Waals surface area contributed by atoms with E-state index in [2.05, 4.69) is 10.4 Å². The van der Waals surface area contributed by atoms with E-state index in [0.717, 1.165) is 4.57 Å². The largest absolute Gasteiger partial charge is 0.495 e. The van der Waals surface area contributed by atoms with Gasteiger partial charge in [-0.3, -0.25) is 18.8 Å². The number of carbonyl (C=O) groups is 1. The molecule has 33 heavy (non-hydrogen) atoms. The minimum atomic E-state index is -4.79. The zero-order valence-corrected chi connectivity index (χ0v) is 17.7. The van der Waals surface area contributed by atoms with Gasteiger partial charge >= 0.3 is 6.18 Å². The Labute approximate surface area is 186 Å². The first-order chi connectivity index (χ1) is 15.7. The van der Waals surface area contributed by atoms with Gasteiger partial charge in [-0.2, -0.15) is 18.3 Å². The number of ether oxygens (including phenoxy) is 1. The lowest BCUT2D eigenvalue weighted by molar-refractivity contribution is -0.136. The highest BCUT2D eigenvalue weighted by Crippen LogP contribution is 2.38. The number of hydrogen-bond acceptors (Lipinski definition) is 4. The van der Waals surface area contributed by atoms with E-state index >= 15 is 0 Å². The lowest BCUT2D eigenvalue weighted by Gasteiger charge is -2.15. The summed E-state index contributed by atoms with van der Waals surface area (Å²) in [6.07, 6.45) is -4.79. The molecule has 170 valence electrons. The molecule has 4 rings (SSSR count). The van der Waals surface area contributed by atoms with Gasteiger partial charge in [0.1, 0.15) is 23.6 Å². The van der Waals surface area contributed by atoms with Crippen molar-refractivity contribution in [3.05, 3.63) is 76.6 Å². The van der Waals surface area contributed by atoms with E-state index in [1.807, 2.05) is 0 Å². The number of nitrogens with one attached hydrogen (secondary N) is 1. The summed E-state index contributed by atoms with van der Waals surface area (Å²) >= 11 is 0. The van der Waals surface area contributed by atoms with Crippen LogP contribution in [0.25, 0.3) is 22.3 Å². The van der Waals surface area contributed by atoms with Crippen LogP contribution in [0.3, 0.4) is 0 Å². The summed E-state index contributed by atoms with van der Waals surface area (Å²) in [5.74, 6) is -0.201. The number of methoxy groups -OCH3 is 1. The number of halogens is 3. The molecule has 2 aromatic carbocycles. The monoisotopic (exact) mass is 456 g/mol. The standard InChI is InChI=1S/C23H19F3N4O3/c1-29-22-20(21(28-29)14-8-4-3-5-9-14)15(23(24,25)26)12-19(32)30(22)13-18(31)27-16-10-6-7-11-17(16)33-2/h3-12H,13H2,1-2H3,(H,27,31). The Kier molecular flexibility index (Phi) is 5.67. The second kappa shape index (κ2) is 8.45. The number of fused-ring (bicyclic) bond motifs is 1. The van der Waals surface area contributed by atoms with Gasteiger partial charge < -0.3 is 10.1 Å². The van der Waals surface area contributed by atoms with Gasteiger partial charge in [-0.15, -0.1) is 0 Å². The van der Waals surface area contributed by atoms with Crippen LogP contribution in [0.2, 0.25) is 0 Å². The number of benzene rings is 2. The fraction of sp³-hybridized carbons (Fsp3) is 0.174. The van der Waals surface area contributed by atoms with Crippen molar-refractivity contribution in [1.29, 1.82) is 0 Å². The first-order valence-electron chi connectivity index (χ1n) is 9.86. The molecule has 0 unspecified atom stereocenters. The maximum absolute atomic E-state index is 13.9. The van der Waals surface area contributed by atoms with Gasteiger partial charge in [0.15, 0.2) is 0 Å². The summed E-state index contributed by atoms with van der Waals surface area (Å²) in [5, 5.41) is 6.64. The highest BCUT2D eigenvalue weighted by atomic mass is 19.4. The van der Waals surface area contributed by atoms with Crippen molar-refractivity contribution in [3.63, 3.8) is 0 Å². The number of rotatable bonds is 5. The van der Waals surface area contributed by atoms with Gasteiger partial charge in [0.25, 0.3) is 5.56 Å². The Hall–Kier alpha value is -4.08. The number of carbonyl (C=O) groups excluding carboxylic acids is 1. The Bertz CT molecular complexity index is 1390. The number of aromatic nitrogens is 3. The van der Waals surface area contributed by atoms with Crippen LogP contribution in [-0.4, -0.2) is 27.4 Å². The molecule has 7 nitrogen and oxygen atoms in total. The van der Waals surface area contributed by atoms with Crippen LogP contribution in [0.4, 0.5) is 18.9 Å². The Morgan fingerprint density at radius 2 is 1.76 bits per heavy atom. The normalized spacial score (nSPS) is 11.5. The summed E-state index contributed by atoms with van der Waals surface area (Å²) in [6, 6.07) is 15.5. The van der Waals surface area contributed by atoms with Crippen LogP contribution in [0.1, 0.15) is 5.56 Å². The molecule has 1 N–H and O–H groups in total. The predicted octanol–water partition coefficient (Wildman–Crippen LogP) is 4.07. The summed E-state index contributed by atoms with van der Waals surface area (Å²) in [5.41, 5.74) is -1.28. The molecule has 0 spiro atoms. The minimum Gasteiger partial charge on any atom is -0.495 e. The molecule has 0 aliphatic rings. The SMILES string of the molecule is COc1ccccc1NC(=O)Cn1c(=O)cc(C(F)(F)F)c2c(-c3ccccc3)nn(C)c21. The lowest BCUT2D eigenvalue weighted by Crippen LogP contribution is -2.30. The van der Waals surface area contributed by atoms with E-state index in [9.17, 15) is 22.8 Å². The number of hydrogen-bond donors (Lipinski definition) is 1. The van der Waals surface area contributed by atoms with Crippen LogP contribution in [-0.2, 0) is 24.6 Å². The van der Waals surface area contributed by atoms with Crippen LogP contribution < -0.4 is 15.6 Å². The molecule has 1 amide bonds. The molecule has 0 radical (unpaired) electrons. The molecule has 0 fully saturated rings. The van der Waals surface area contributed by atoms with Crippen molar-refractivity contribution in [2.24, 2.45) is 7.05 Å². The van der Waals surface area contributed by atoms with Crippen molar-refractivity contribution in [1.82, 2.24) is 14.3 Å². The number of nitrogens with zero attached hydrogens (tertiary/aromatic N) is 3. The van der Waals surface area contributed by atoms with Gasteiger partial charge in [0.2, 0.25) is 5.91 Å². The smallest absolute Gasteiger partial charge is 0.417 e. The number of pyridine rings is 1. The van der Waals surface area contributed by atoms with Crippen molar-refractivity contribution in [2.45, 2.75) is 12.7 Å². The molecule has 0 aliphatic heterocycles. The molecule has 0 bridgehead atoms. The zero-order valence-electron chi connectivity index (χ0n) is 17.7. The van der Waals surface area contributed by atoms with Crippen LogP contribution in [0.5, 0.6) is 5.75 Å².